The smallest absolute Gasteiger partial charge is 0.263 e. The van der Waals surface area contributed by atoms with Crippen LogP contribution in [0.5, 0.6) is 0 Å². The molecule has 0 aromatic carbocycles. The minimum absolute atomic E-state index is 0.0291. The van der Waals surface area contributed by atoms with E-state index in [1.807, 2.05) is 0 Å². The molecule has 6 heteroatoms. The van der Waals surface area contributed by atoms with Crippen molar-refractivity contribution in [3.63, 3.8) is 0 Å². The zero-order valence-electron chi connectivity index (χ0n) is 5.90. The first-order valence-corrected chi connectivity index (χ1v) is 3.96. The number of carbonyl (C=O) groups excluding carboxylic acids is 1. The van der Waals surface area contributed by atoms with E-state index in [0.29, 0.717) is 0 Å². The molecule has 0 rings (SSSR count). The summed E-state index contributed by atoms with van der Waals surface area (Å²) in [6.45, 7) is 1.34. The van der Waals surface area contributed by atoms with Crippen molar-refractivity contribution < 1.29 is 9.00 Å². The van der Waals surface area contributed by atoms with Gasteiger partial charge in [0.2, 0.25) is 0 Å². The second kappa shape index (κ2) is 4.57. The van der Waals surface area contributed by atoms with E-state index in [4.69, 9.17) is 11.0 Å². The third-order valence-corrected chi connectivity index (χ3v) is 1.64. The maximum atomic E-state index is 10.7. The summed E-state index contributed by atoms with van der Waals surface area (Å²) in [4.78, 5) is 10.3. The van der Waals surface area contributed by atoms with Crippen molar-refractivity contribution in [3.05, 3.63) is 0 Å². The highest BCUT2D eigenvalue weighted by Gasteiger charge is 2.01. The van der Waals surface area contributed by atoms with Crippen LogP contribution >= 0.6 is 0 Å². The Morgan fingerprint density at radius 2 is 2.36 bits per heavy atom. The van der Waals surface area contributed by atoms with E-state index in [2.05, 4.69) is 4.40 Å². The number of amides is 1. The predicted molar refractivity (Wildman–Crippen MR) is 40.9 cm³/mol. The molecule has 0 saturated carbocycles. The van der Waals surface area contributed by atoms with E-state index in [9.17, 15) is 9.00 Å². The van der Waals surface area contributed by atoms with E-state index in [1.165, 1.54) is 6.92 Å². The lowest BCUT2D eigenvalue weighted by molar-refractivity contribution is -0.112. The Hall–Kier alpha value is -1.22. The lowest BCUT2D eigenvalue weighted by Gasteiger charge is -1.90. The highest BCUT2D eigenvalue weighted by Crippen LogP contribution is 1.85. The average molecular weight is 173 g/mol. The Labute approximate surface area is 66.5 Å². The molecule has 0 radical (unpaired) electrons. The van der Waals surface area contributed by atoms with Crippen molar-refractivity contribution in [2.75, 3.05) is 5.75 Å². The molecule has 0 spiro atoms. The zero-order chi connectivity index (χ0) is 8.85. The molecule has 1 amide bonds. The lowest BCUT2D eigenvalue weighted by atomic mass is 10.4. The number of nitrogens with two attached hydrogens (primary N) is 1. The maximum absolute atomic E-state index is 10.7. The number of hydrogen-bond donors (Lipinski definition) is 1. The number of nitriles is 1. The summed E-state index contributed by atoms with van der Waals surface area (Å²) in [6, 6.07) is 1.65. The highest BCUT2D eigenvalue weighted by molar-refractivity contribution is 7.84. The van der Waals surface area contributed by atoms with Gasteiger partial charge < -0.3 is 5.73 Å². The van der Waals surface area contributed by atoms with Gasteiger partial charge in [0, 0.05) is 0 Å². The predicted octanol–water partition coefficient (Wildman–Crippen LogP) is -0.880. The highest BCUT2D eigenvalue weighted by atomic mass is 32.2. The summed E-state index contributed by atoms with van der Waals surface area (Å²) < 4.78 is 14.0. The van der Waals surface area contributed by atoms with Crippen molar-refractivity contribution >= 4 is 22.6 Å². The summed E-state index contributed by atoms with van der Waals surface area (Å²) in [7, 11) is -1.64. The summed E-state index contributed by atoms with van der Waals surface area (Å²) in [5.74, 6) is -0.943. The molecule has 5 nitrogen and oxygen atoms in total. The fourth-order valence-corrected chi connectivity index (χ4v) is 0.856. The van der Waals surface area contributed by atoms with Crippen LogP contribution in [-0.4, -0.2) is 21.6 Å². The van der Waals surface area contributed by atoms with Crippen molar-refractivity contribution in [3.8, 4) is 6.07 Å². The van der Waals surface area contributed by atoms with Gasteiger partial charge in [-0.2, -0.15) is 9.66 Å². The third kappa shape index (κ3) is 4.22. The number of hydrogen-bond acceptors (Lipinski definition) is 3. The van der Waals surface area contributed by atoms with Gasteiger partial charge in [-0.3, -0.25) is 4.79 Å². The van der Waals surface area contributed by atoms with Crippen LogP contribution in [0.15, 0.2) is 4.40 Å². The molecule has 0 fully saturated rings. The van der Waals surface area contributed by atoms with Gasteiger partial charge in [-0.1, -0.05) is 0 Å². The van der Waals surface area contributed by atoms with E-state index in [1.54, 1.807) is 6.07 Å². The fourth-order valence-electron chi connectivity index (χ4n) is 0.285. The van der Waals surface area contributed by atoms with Crippen LogP contribution in [0.2, 0.25) is 0 Å². The lowest BCUT2D eigenvalue weighted by Crippen LogP contribution is -2.20. The van der Waals surface area contributed by atoms with E-state index in [0.717, 1.165) is 0 Å². The average Bonchev–Trinajstić information content (AvgIpc) is 1.87. The largest absolute Gasteiger partial charge is 0.365 e. The first kappa shape index (κ1) is 9.78. The van der Waals surface area contributed by atoms with Gasteiger partial charge in [-0.15, -0.1) is 0 Å². The minimum Gasteiger partial charge on any atom is -0.365 e. The van der Waals surface area contributed by atoms with Gasteiger partial charge in [0.1, 0.15) is 11.5 Å². The quantitative estimate of drug-likeness (QED) is 0.561. The monoisotopic (exact) mass is 173 g/mol. The SMILES string of the molecule is CC(=NS(=O)CC#N)C(N)=O. The minimum atomic E-state index is -1.64. The number of carbonyl (C=O) groups is 1. The Morgan fingerprint density at radius 1 is 1.82 bits per heavy atom. The zero-order valence-corrected chi connectivity index (χ0v) is 6.72. The standard InChI is InChI=1S/C5H7N3O2S/c1-4(5(7)9)8-11(10)3-2-6/h3H2,1H3,(H2,7,9). The van der Waals surface area contributed by atoms with Crippen LogP contribution < -0.4 is 5.73 Å². The van der Waals surface area contributed by atoms with Crippen molar-refractivity contribution in [2.24, 2.45) is 10.1 Å². The summed E-state index contributed by atoms with van der Waals surface area (Å²) >= 11 is 0. The second-order valence-electron chi connectivity index (χ2n) is 1.66. The van der Waals surface area contributed by atoms with E-state index < -0.39 is 16.9 Å². The molecule has 0 aromatic rings. The Balaban J connectivity index is 4.22. The van der Waals surface area contributed by atoms with Crippen LogP contribution in [-0.2, 0) is 15.8 Å². The number of nitrogens with zero attached hydrogens (tertiary/aromatic N) is 2. The van der Waals surface area contributed by atoms with Crippen molar-refractivity contribution in [2.45, 2.75) is 6.92 Å². The third-order valence-electron chi connectivity index (χ3n) is 0.783. The Morgan fingerprint density at radius 3 is 2.73 bits per heavy atom. The molecule has 0 aliphatic carbocycles. The molecule has 0 aliphatic heterocycles. The molecule has 0 bridgehead atoms. The first-order valence-electron chi connectivity index (χ1n) is 2.68. The van der Waals surface area contributed by atoms with Gasteiger partial charge in [-0.25, -0.2) is 4.21 Å². The van der Waals surface area contributed by atoms with Gasteiger partial charge >= 0.3 is 0 Å². The number of primary amides is 1. The summed E-state index contributed by atoms with van der Waals surface area (Å²) in [5.41, 5.74) is 4.76. The van der Waals surface area contributed by atoms with Crippen molar-refractivity contribution in [1.82, 2.24) is 0 Å². The van der Waals surface area contributed by atoms with Gasteiger partial charge in [0.15, 0.2) is 11.0 Å². The molecule has 0 heterocycles. The molecule has 60 valence electrons. The second-order valence-corrected chi connectivity index (χ2v) is 2.78. The molecule has 0 aromatic heterocycles. The fraction of sp³-hybridized carbons (Fsp3) is 0.400. The van der Waals surface area contributed by atoms with Crippen LogP contribution in [0.3, 0.4) is 0 Å². The Kier molecular flexibility index (Phi) is 4.07. The molecule has 11 heavy (non-hydrogen) atoms. The van der Waals surface area contributed by atoms with Crippen LogP contribution in [0.1, 0.15) is 6.92 Å². The van der Waals surface area contributed by atoms with Gasteiger partial charge in [0.25, 0.3) is 5.91 Å². The molecule has 0 aliphatic rings. The van der Waals surface area contributed by atoms with E-state index >= 15 is 0 Å². The summed E-state index contributed by atoms with van der Waals surface area (Å²) in [6.07, 6.45) is 0. The normalized spacial score (nSPS) is 13.6. The van der Waals surface area contributed by atoms with Crippen LogP contribution in [0, 0.1) is 11.3 Å². The topological polar surface area (TPSA) is 96.3 Å². The number of rotatable bonds is 3. The first-order chi connectivity index (χ1) is 5.07. The van der Waals surface area contributed by atoms with Gasteiger partial charge in [-0.05, 0) is 6.92 Å². The van der Waals surface area contributed by atoms with Crippen molar-refractivity contribution in [1.29, 1.82) is 5.26 Å². The van der Waals surface area contributed by atoms with Crippen LogP contribution in [0.4, 0.5) is 0 Å². The molecule has 1 unspecified atom stereocenters. The molecule has 0 saturated heterocycles. The maximum Gasteiger partial charge on any atom is 0.263 e. The molecular weight excluding hydrogens is 166 g/mol. The van der Waals surface area contributed by atoms with Crippen LogP contribution in [0.25, 0.3) is 0 Å². The molecule has 1 atom stereocenters. The summed E-state index contributed by atoms with van der Waals surface area (Å²) in [5, 5.41) is 8.06. The Bertz CT molecular complexity index is 253. The molecular formula is C5H7N3O2S. The molecule has 2 N–H and O–H groups in total. The van der Waals surface area contributed by atoms with E-state index in [-0.39, 0.29) is 11.5 Å². The van der Waals surface area contributed by atoms with Gasteiger partial charge in [0.05, 0.1) is 6.07 Å².